The number of benzene rings is 1. The van der Waals surface area contributed by atoms with E-state index in [0.717, 1.165) is 53.9 Å². The number of nitrogens with one attached hydrogen (secondary N) is 1. The molecule has 26 heavy (non-hydrogen) atoms. The molecule has 0 radical (unpaired) electrons. The van der Waals surface area contributed by atoms with Gasteiger partial charge in [0.2, 0.25) is 0 Å². The summed E-state index contributed by atoms with van der Waals surface area (Å²) in [5.74, 6) is 0.303. The van der Waals surface area contributed by atoms with E-state index >= 15 is 0 Å². The average molecular weight is 353 g/mol. The molecule has 1 unspecified atom stereocenters. The predicted molar refractivity (Wildman–Crippen MR) is 110 cm³/mol. The lowest BCUT2D eigenvalue weighted by molar-refractivity contribution is 0.102. The van der Waals surface area contributed by atoms with Gasteiger partial charge in [0.05, 0.1) is 11.3 Å². The number of aryl methyl sites for hydroxylation is 4. The van der Waals surface area contributed by atoms with Gasteiger partial charge in [0, 0.05) is 11.4 Å². The number of hydrogen-bond acceptors (Lipinski definition) is 2. The van der Waals surface area contributed by atoms with Gasteiger partial charge < -0.3 is 5.32 Å². The lowest BCUT2D eigenvalue weighted by atomic mass is 9.90. The Kier molecular flexibility index (Phi) is 6.96. The third-order valence-corrected chi connectivity index (χ3v) is 5.08. The van der Waals surface area contributed by atoms with E-state index in [0.29, 0.717) is 5.92 Å². The van der Waals surface area contributed by atoms with Crippen LogP contribution in [-0.2, 0) is 12.8 Å². The van der Waals surface area contributed by atoms with Crippen LogP contribution in [-0.4, -0.2) is 10.9 Å². The third kappa shape index (κ3) is 4.32. The minimum absolute atomic E-state index is 0.0384. The molecular weight excluding hydrogens is 320 g/mol. The number of carbonyl (C=O) groups is 1. The first-order valence-electron chi connectivity index (χ1n) is 9.83. The molecule has 2 rings (SSSR count). The van der Waals surface area contributed by atoms with E-state index in [1.807, 2.05) is 13.8 Å². The van der Waals surface area contributed by atoms with Crippen molar-refractivity contribution in [2.24, 2.45) is 0 Å². The standard InChI is InChI=1S/C23H32N2O/c1-7-11-15(4)20-14-16(5)24-17(6)21(20)23(26)25-22-18(8-2)12-10-13-19(22)9-3/h10,12-15H,7-9,11H2,1-6H3,(H,25,26). The normalized spacial score (nSPS) is 12.1. The SMILES string of the molecule is CCCC(C)c1cc(C)nc(C)c1C(=O)Nc1c(CC)cccc1CC. The van der Waals surface area contributed by atoms with Crippen molar-refractivity contribution in [1.82, 2.24) is 4.98 Å². The van der Waals surface area contributed by atoms with Gasteiger partial charge in [-0.15, -0.1) is 0 Å². The van der Waals surface area contributed by atoms with Gasteiger partial charge >= 0.3 is 0 Å². The maximum Gasteiger partial charge on any atom is 0.257 e. The second-order valence-corrected chi connectivity index (χ2v) is 7.12. The molecule has 0 spiro atoms. The molecule has 0 aliphatic rings. The van der Waals surface area contributed by atoms with Crippen molar-refractivity contribution in [2.75, 3.05) is 5.32 Å². The van der Waals surface area contributed by atoms with Gasteiger partial charge in [-0.25, -0.2) is 0 Å². The van der Waals surface area contributed by atoms with Crippen molar-refractivity contribution in [1.29, 1.82) is 0 Å². The van der Waals surface area contributed by atoms with Gasteiger partial charge in [-0.05, 0) is 61.8 Å². The molecule has 0 aliphatic carbocycles. The number of nitrogens with zero attached hydrogens (tertiary/aromatic N) is 1. The van der Waals surface area contributed by atoms with E-state index in [2.05, 4.69) is 62.3 Å². The topological polar surface area (TPSA) is 42.0 Å². The highest BCUT2D eigenvalue weighted by Crippen LogP contribution is 2.29. The molecule has 140 valence electrons. The summed E-state index contributed by atoms with van der Waals surface area (Å²) in [6.07, 6.45) is 3.96. The van der Waals surface area contributed by atoms with Crippen molar-refractivity contribution in [3.05, 3.63) is 57.9 Å². The zero-order valence-corrected chi connectivity index (χ0v) is 17.1. The largest absolute Gasteiger partial charge is 0.321 e. The summed E-state index contributed by atoms with van der Waals surface area (Å²) < 4.78 is 0. The van der Waals surface area contributed by atoms with Crippen LogP contribution in [0.2, 0.25) is 0 Å². The summed E-state index contributed by atoms with van der Waals surface area (Å²) in [4.78, 5) is 17.8. The van der Waals surface area contributed by atoms with Crippen LogP contribution in [0.5, 0.6) is 0 Å². The average Bonchev–Trinajstić information content (AvgIpc) is 2.61. The Morgan fingerprint density at radius 1 is 1.12 bits per heavy atom. The zero-order chi connectivity index (χ0) is 19.3. The smallest absolute Gasteiger partial charge is 0.257 e. The van der Waals surface area contributed by atoms with E-state index < -0.39 is 0 Å². The Morgan fingerprint density at radius 3 is 2.27 bits per heavy atom. The van der Waals surface area contributed by atoms with E-state index in [9.17, 15) is 4.79 Å². The fourth-order valence-corrected chi connectivity index (χ4v) is 3.71. The number of carbonyl (C=O) groups excluding carboxylic acids is 1. The Labute approximate surface area is 158 Å². The molecule has 1 heterocycles. The molecule has 3 nitrogen and oxygen atoms in total. The van der Waals surface area contributed by atoms with Crippen molar-refractivity contribution < 1.29 is 4.79 Å². The molecule has 2 aromatic rings. The van der Waals surface area contributed by atoms with E-state index in [1.165, 1.54) is 11.1 Å². The van der Waals surface area contributed by atoms with E-state index in [1.54, 1.807) is 0 Å². The van der Waals surface area contributed by atoms with Gasteiger partial charge in [-0.1, -0.05) is 52.3 Å². The third-order valence-electron chi connectivity index (χ3n) is 5.08. The number of amides is 1. The minimum Gasteiger partial charge on any atom is -0.321 e. The van der Waals surface area contributed by atoms with Crippen LogP contribution in [0.3, 0.4) is 0 Å². The number of anilines is 1. The highest BCUT2D eigenvalue weighted by molar-refractivity contribution is 6.07. The molecule has 1 N–H and O–H groups in total. The number of rotatable bonds is 7. The fourth-order valence-electron chi connectivity index (χ4n) is 3.71. The molecule has 0 aliphatic heterocycles. The van der Waals surface area contributed by atoms with Crippen LogP contribution >= 0.6 is 0 Å². The van der Waals surface area contributed by atoms with Crippen molar-refractivity contribution in [3.8, 4) is 0 Å². The summed E-state index contributed by atoms with van der Waals surface area (Å²) in [5.41, 5.74) is 6.97. The Bertz CT molecular complexity index is 758. The van der Waals surface area contributed by atoms with Crippen LogP contribution in [0.25, 0.3) is 0 Å². The molecule has 1 amide bonds. The van der Waals surface area contributed by atoms with Crippen molar-refractivity contribution in [3.63, 3.8) is 0 Å². The summed E-state index contributed by atoms with van der Waals surface area (Å²) in [5, 5.41) is 3.22. The summed E-state index contributed by atoms with van der Waals surface area (Å²) in [6, 6.07) is 8.33. The fraction of sp³-hybridized carbons (Fsp3) is 0.478. The second kappa shape index (κ2) is 8.98. The molecule has 0 bridgehead atoms. The molecule has 1 atom stereocenters. The highest BCUT2D eigenvalue weighted by Gasteiger charge is 2.21. The quantitative estimate of drug-likeness (QED) is 0.666. The Balaban J connectivity index is 2.48. The maximum atomic E-state index is 13.3. The molecule has 0 fully saturated rings. The Hall–Kier alpha value is -2.16. The van der Waals surface area contributed by atoms with Gasteiger partial charge in [0.15, 0.2) is 0 Å². The molecular formula is C23H32N2O. The van der Waals surface area contributed by atoms with Gasteiger partial charge in [-0.3, -0.25) is 9.78 Å². The van der Waals surface area contributed by atoms with Gasteiger partial charge in [0.25, 0.3) is 5.91 Å². The first kappa shape index (κ1) is 20.2. The molecule has 1 aromatic carbocycles. The summed E-state index contributed by atoms with van der Waals surface area (Å²) in [6.45, 7) is 12.6. The van der Waals surface area contributed by atoms with Crippen LogP contribution in [0.1, 0.15) is 84.9 Å². The van der Waals surface area contributed by atoms with Crippen LogP contribution in [0.15, 0.2) is 24.3 Å². The number of hydrogen-bond donors (Lipinski definition) is 1. The number of aromatic nitrogens is 1. The van der Waals surface area contributed by atoms with Crippen LogP contribution in [0.4, 0.5) is 5.69 Å². The van der Waals surface area contributed by atoms with E-state index in [4.69, 9.17) is 0 Å². The number of para-hydroxylation sites is 1. The van der Waals surface area contributed by atoms with Crippen LogP contribution < -0.4 is 5.32 Å². The van der Waals surface area contributed by atoms with Crippen molar-refractivity contribution >= 4 is 11.6 Å². The number of pyridine rings is 1. The molecule has 3 heteroatoms. The lowest BCUT2D eigenvalue weighted by Crippen LogP contribution is -2.20. The minimum atomic E-state index is -0.0384. The molecule has 0 saturated carbocycles. The zero-order valence-electron chi connectivity index (χ0n) is 17.1. The maximum absolute atomic E-state index is 13.3. The first-order valence-corrected chi connectivity index (χ1v) is 9.83. The van der Waals surface area contributed by atoms with Crippen LogP contribution in [0, 0.1) is 13.8 Å². The first-order chi connectivity index (χ1) is 12.4. The van der Waals surface area contributed by atoms with Gasteiger partial charge in [0.1, 0.15) is 0 Å². The predicted octanol–water partition coefficient (Wildman–Crippen LogP) is 5.98. The van der Waals surface area contributed by atoms with Crippen molar-refractivity contribution in [2.45, 2.75) is 73.1 Å². The summed E-state index contributed by atoms with van der Waals surface area (Å²) in [7, 11) is 0. The van der Waals surface area contributed by atoms with Gasteiger partial charge in [-0.2, -0.15) is 0 Å². The highest BCUT2D eigenvalue weighted by atomic mass is 16.1. The Morgan fingerprint density at radius 2 is 1.73 bits per heavy atom. The molecule has 0 saturated heterocycles. The van der Waals surface area contributed by atoms with E-state index in [-0.39, 0.29) is 5.91 Å². The molecule has 1 aromatic heterocycles. The second-order valence-electron chi connectivity index (χ2n) is 7.12. The lowest BCUT2D eigenvalue weighted by Gasteiger charge is -2.20. The summed E-state index contributed by atoms with van der Waals surface area (Å²) >= 11 is 0. The monoisotopic (exact) mass is 352 g/mol.